The number of benzene rings is 1. The van der Waals surface area contributed by atoms with E-state index in [4.69, 9.17) is 16.1 Å². The molecule has 2 aromatic rings. The topological polar surface area (TPSA) is 80.0 Å². The van der Waals surface area contributed by atoms with Crippen molar-refractivity contribution in [3.8, 4) is 11.4 Å². The molecule has 1 saturated heterocycles. The molecule has 0 unspecified atom stereocenters. The molecule has 2 N–H and O–H groups in total. The molecule has 1 aromatic heterocycles. The predicted molar refractivity (Wildman–Crippen MR) is 99.0 cm³/mol. The summed E-state index contributed by atoms with van der Waals surface area (Å²) in [6.07, 6.45) is 3.77. The SMILES string of the molecule is Cl.O=C(CCCc1nc(-c2ccc(Cl)cc2)no1)NC1CCNCC1. The number of nitrogens with one attached hydrogen (secondary N) is 2. The molecule has 25 heavy (non-hydrogen) atoms. The van der Waals surface area contributed by atoms with E-state index in [1.165, 1.54) is 0 Å². The molecule has 2 heterocycles. The van der Waals surface area contributed by atoms with Crippen molar-refractivity contribution >= 4 is 29.9 Å². The molecule has 0 bridgehead atoms. The first-order valence-corrected chi connectivity index (χ1v) is 8.67. The normalized spacial score (nSPS) is 14.8. The van der Waals surface area contributed by atoms with E-state index in [1.54, 1.807) is 12.1 Å². The number of aryl methyl sites for hydroxylation is 1. The van der Waals surface area contributed by atoms with Gasteiger partial charge in [-0.3, -0.25) is 4.79 Å². The van der Waals surface area contributed by atoms with Crippen molar-refractivity contribution in [3.63, 3.8) is 0 Å². The predicted octanol–water partition coefficient (Wildman–Crippen LogP) is 3.00. The lowest BCUT2D eigenvalue weighted by molar-refractivity contribution is -0.122. The molecule has 0 saturated carbocycles. The summed E-state index contributed by atoms with van der Waals surface area (Å²) in [5, 5.41) is 11.0. The zero-order chi connectivity index (χ0) is 16.8. The Morgan fingerprint density at radius 3 is 2.72 bits per heavy atom. The van der Waals surface area contributed by atoms with Gasteiger partial charge >= 0.3 is 0 Å². The zero-order valence-corrected chi connectivity index (χ0v) is 15.4. The number of aromatic nitrogens is 2. The van der Waals surface area contributed by atoms with Crippen LogP contribution in [0.5, 0.6) is 0 Å². The van der Waals surface area contributed by atoms with Crippen molar-refractivity contribution in [3.05, 3.63) is 35.2 Å². The van der Waals surface area contributed by atoms with Crippen molar-refractivity contribution in [2.24, 2.45) is 0 Å². The first-order chi connectivity index (χ1) is 11.7. The van der Waals surface area contributed by atoms with Gasteiger partial charge in [0.25, 0.3) is 0 Å². The molecule has 0 aliphatic carbocycles. The first-order valence-electron chi connectivity index (χ1n) is 8.29. The highest BCUT2D eigenvalue weighted by atomic mass is 35.5. The lowest BCUT2D eigenvalue weighted by atomic mass is 10.1. The number of nitrogens with zero attached hydrogens (tertiary/aromatic N) is 2. The molecule has 0 atom stereocenters. The monoisotopic (exact) mass is 384 g/mol. The van der Waals surface area contributed by atoms with Gasteiger partial charge in [-0.2, -0.15) is 4.98 Å². The molecule has 1 fully saturated rings. The molecule has 0 radical (unpaired) electrons. The third kappa shape index (κ3) is 5.99. The van der Waals surface area contributed by atoms with Crippen LogP contribution in [-0.4, -0.2) is 35.2 Å². The van der Waals surface area contributed by atoms with Crippen LogP contribution in [0.1, 0.15) is 31.6 Å². The van der Waals surface area contributed by atoms with Gasteiger partial charge in [-0.1, -0.05) is 16.8 Å². The van der Waals surface area contributed by atoms with Crippen molar-refractivity contribution in [2.75, 3.05) is 13.1 Å². The van der Waals surface area contributed by atoms with Crippen LogP contribution in [0, 0.1) is 0 Å². The van der Waals surface area contributed by atoms with Crippen LogP contribution >= 0.6 is 24.0 Å². The number of rotatable bonds is 6. The van der Waals surface area contributed by atoms with Crippen molar-refractivity contribution in [1.82, 2.24) is 20.8 Å². The van der Waals surface area contributed by atoms with E-state index in [1.807, 2.05) is 12.1 Å². The van der Waals surface area contributed by atoms with Crippen LogP contribution in [0.15, 0.2) is 28.8 Å². The number of carbonyl (C=O) groups excluding carboxylic acids is 1. The molecule has 0 spiro atoms. The summed E-state index contributed by atoms with van der Waals surface area (Å²) in [4.78, 5) is 16.3. The van der Waals surface area contributed by atoms with Gasteiger partial charge in [0, 0.05) is 29.5 Å². The minimum Gasteiger partial charge on any atom is -0.353 e. The van der Waals surface area contributed by atoms with Crippen LogP contribution in [0.2, 0.25) is 5.02 Å². The molecular weight excluding hydrogens is 363 g/mol. The largest absolute Gasteiger partial charge is 0.353 e. The van der Waals surface area contributed by atoms with Gasteiger partial charge in [-0.25, -0.2) is 0 Å². The van der Waals surface area contributed by atoms with Gasteiger partial charge < -0.3 is 15.2 Å². The summed E-state index contributed by atoms with van der Waals surface area (Å²) in [7, 11) is 0. The molecule has 1 aliphatic rings. The summed E-state index contributed by atoms with van der Waals surface area (Å²) >= 11 is 5.87. The fraction of sp³-hybridized carbons (Fsp3) is 0.471. The van der Waals surface area contributed by atoms with E-state index >= 15 is 0 Å². The zero-order valence-electron chi connectivity index (χ0n) is 13.8. The number of hydrogen-bond donors (Lipinski definition) is 2. The minimum absolute atomic E-state index is 0. The Balaban J connectivity index is 0.00000225. The molecule has 1 amide bonds. The molecular formula is C17H22Cl2N4O2. The van der Waals surface area contributed by atoms with E-state index in [-0.39, 0.29) is 18.3 Å². The van der Waals surface area contributed by atoms with Crippen LogP contribution < -0.4 is 10.6 Å². The third-order valence-corrected chi connectivity index (χ3v) is 4.32. The molecule has 1 aromatic carbocycles. The summed E-state index contributed by atoms with van der Waals surface area (Å²) in [5.74, 6) is 1.19. The lowest BCUT2D eigenvalue weighted by Crippen LogP contribution is -2.42. The van der Waals surface area contributed by atoms with Crippen LogP contribution in [0.25, 0.3) is 11.4 Å². The van der Waals surface area contributed by atoms with Crippen LogP contribution in [0.4, 0.5) is 0 Å². The number of carbonyl (C=O) groups is 1. The number of piperidine rings is 1. The van der Waals surface area contributed by atoms with E-state index in [0.29, 0.717) is 42.0 Å². The number of hydrogen-bond acceptors (Lipinski definition) is 5. The maximum atomic E-state index is 11.9. The van der Waals surface area contributed by atoms with E-state index in [0.717, 1.165) is 31.5 Å². The second kappa shape index (κ2) is 9.75. The van der Waals surface area contributed by atoms with Crippen molar-refractivity contribution in [2.45, 2.75) is 38.1 Å². The van der Waals surface area contributed by atoms with Gasteiger partial charge in [0.2, 0.25) is 17.6 Å². The second-order valence-electron chi connectivity index (χ2n) is 5.96. The van der Waals surface area contributed by atoms with Gasteiger partial charge in [-0.15, -0.1) is 12.4 Å². The standard InChI is InChI=1S/C17H21ClN4O2.ClH/c18-13-6-4-12(5-7-13)17-21-16(24-22-17)3-1-2-15(23)20-14-8-10-19-11-9-14;/h4-7,14,19H,1-3,8-11H2,(H,20,23);1H. The molecule has 1 aliphatic heterocycles. The van der Waals surface area contributed by atoms with Crippen LogP contribution in [0.3, 0.4) is 0 Å². The Labute approximate surface area is 158 Å². The van der Waals surface area contributed by atoms with Gasteiger partial charge in [0.1, 0.15) is 0 Å². The van der Waals surface area contributed by atoms with Gasteiger partial charge in [-0.05, 0) is 56.6 Å². The maximum Gasteiger partial charge on any atom is 0.226 e. The molecule has 3 rings (SSSR count). The van der Waals surface area contributed by atoms with Crippen molar-refractivity contribution in [1.29, 1.82) is 0 Å². The Morgan fingerprint density at radius 2 is 2.00 bits per heavy atom. The van der Waals surface area contributed by atoms with Gasteiger partial charge in [0.15, 0.2) is 0 Å². The average Bonchev–Trinajstić information content (AvgIpc) is 3.05. The highest BCUT2D eigenvalue weighted by Crippen LogP contribution is 2.19. The Morgan fingerprint density at radius 1 is 1.28 bits per heavy atom. The lowest BCUT2D eigenvalue weighted by Gasteiger charge is -2.23. The summed E-state index contributed by atoms with van der Waals surface area (Å²) in [6.45, 7) is 1.95. The summed E-state index contributed by atoms with van der Waals surface area (Å²) in [6, 6.07) is 7.59. The highest BCUT2D eigenvalue weighted by molar-refractivity contribution is 6.30. The molecule has 8 heteroatoms. The fourth-order valence-electron chi connectivity index (χ4n) is 2.74. The Kier molecular flexibility index (Phi) is 7.68. The summed E-state index contributed by atoms with van der Waals surface area (Å²) < 4.78 is 5.25. The van der Waals surface area contributed by atoms with Gasteiger partial charge in [0.05, 0.1) is 0 Å². The van der Waals surface area contributed by atoms with E-state index in [9.17, 15) is 4.79 Å². The quantitative estimate of drug-likeness (QED) is 0.799. The second-order valence-corrected chi connectivity index (χ2v) is 6.40. The average molecular weight is 385 g/mol. The first kappa shape index (κ1) is 19.7. The third-order valence-electron chi connectivity index (χ3n) is 4.07. The van der Waals surface area contributed by atoms with Crippen molar-refractivity contribution < 1.29 is 9.32 Å². The Bertz CT molecular complexity index is 670. The summed E-state index contributed by atoms with van der Waals surface area (Å²) in [5.41, 5.74) is 0.859. The number of amides is 1. The minimum atomic E-state index is 0. The fourth-order valence-corrected chi connectivity index (χ4v) is 2.86. The van der Waals surface area contributed by atoms with E-state index in [2.05, 4.69) is 20.8 Å². The maximum absolute atomic E-state index is 11.9. The Hall–Kier alpha value is -1.63. The van der Waals surface area contributed by atoms with Crippen LogP contribution in [-0.2, 0) is 11.2 Å². The smallest absolute Gasteiger partial charge is 0.226 e. The number of halogens is 2. The molecule has 136 valence electrons. The molecule has 6 nitrogen and oxygen atoms in total. The van der Waals surface area contributed by atoms with E-state index < -0.39 is 0 Å². The highest BCUT2D eigenvalue weighted by Gasteiger charge is 2.15.